The molecule has 1 amide bonds. The van der Waals surface area contributed by atoms with Crippen LogP contribution in [-0.4, -0.2) is 54.7 Å². The third-order valence-electron chi connectivity index (χ3n) is 4.49. The van der Waals surface area contributed by atoms with Gasteiger partial charge in [0.05, 0.1) is 5.69 Å². The van der Waals surface area contributed by atoms with Gasteiger partial charge in [-0.3, -0.25) is 9.89 Å². The Kier molecular flexibility index (Phi) is 6.29. The molecular weight excluding hydrogens is 368 g/mol. The topological polar surface area (TPSA) is 78.5 Å². The first-order valence-corrected chi connectivity index (χ1v) is 9.22. The van der Waals surface area contributed by atoms with E-state index < -0.39 is 5.97 Å². The standard InChI is InChI=1S/C22H24N4O3/c1-25(2)18-11-9-16(10-12-18)14-26(3)21(27)15-29-22(28)20-13-19(23-24-20)17-7-5-4-6-8-17/h4-13H,14-15H2,1-3H3,(H,23,24). The fourth-order valence-electron chi connectivity index (χ4n) is 2.76. The second-order valence-corrected chi connectivity index (χ2v) is 6.92. The van der Waals surface area contributed by atoms with E-state index in [4.69, 9.17) is 4.74 Å². The van der Waals surface area contributed by atoms with Gasteiger partial charge in [0.1, 0.15) is 5.69 Å². The lowest BCUT2D eigenvalue weighted by Crippen LogP contribution is -2.30. The van der Waals surface area contributed by atoms with Gasteiger partial charge in [0.2, 0.25) is 0 Å². The number of benzene rings is 2. The molecule has 0 spiro atoms. The Hall–Kier alpha value is -3.61. The number of amides is 1. The van der Waals surface area contributed by atoms with Gasteiger partial charge in [0.15, 0.2) is 6.61 Å². The summed E-state index contributed by atoms with van der Waals surface area (Å²) in [4.78, 5) is 28.0. The van der Waals surface area contributed by atoms with Crippen LogP contribution in [0.2, 0.25) is 0 Å². The van der Waals surface area contributed by atoms with Gasteiger partial charge in [-0.2, -0.15) is 5.10 Å². The van der Waals surface area contributed by atoms with Crippen LogP contribution in [-0.2, 0) is 16.1 Å². The van der Waals surface area contributed by atoms with Crippen LogP contribution >= 0.6 is 0 Å². The van der Waals surface area contributed by atoms with Crippen LogP contribution in [0.15, 0.2) is 60.7 Å². The second-order valence-electron chi connectivity index (χ2n) is 6.92. The Morgan fingerprint density at radius 1 is 1.00 bits per heavy atom. The fraction of sp³-hybridized carbons (Fsp3) is 0.227. The molecule has 0 fully saturated rings. The maximum absolute atomic E-state index is 12.3. The summed E-state index contributed by atoms with van der Waals surface area (Å²) < 4.78 is 5.14. The number of nitrogens with one attached hydrogen (secondary N) is 1. The zero-order valence-electron chi connectivity index (χ0n) is 16.8. The Labute approximate surface area is 169 Å². The minimum Gasteiger partial charge on any atom is -0.451 e. The van der Waals surface area contributed by atoms with Crippen LogP contribution in [0.4, 0.5) is 5.69 Å². The highest BCUT2D eigenvalue weighted by atomic mass is 16.5. The van der Waals surface area contributed by atoms with Gasteiger partial charge in [-0.25, -0.2) is 4.79 Å². The van der Waals surface area contributed by atoms with Gasteiger partial charge in [-0.15, -0.1) is 0 Å². The molecular formula is C22H24N4O3. The largest absolute Gasteiger partial charge is 0.451 e. The summed E-state index contributed by atoms with van der Waals surface area (Å²) in [6, 6.07) is 19.0. The number of likely N-dealkylation sites (N-methyl/N-ethyl adjacent to an activating group) is 1. The summed E-state index contributed by atoms with van der Waals surface area (Å²) in [7, 11) is 5.63. The highest BCUT2D eigenvalue weighted by Gasteiger charge is 2.16. The number of hydrogen-bond acceptors (Lipinski definition) is 5. The van der Waals surface area contributed by atoms with Crippen molar-refractivity contribution in [2.24, 2.45) is 0 Å². The summed E-state index contributed by atoms with van der Waals surface area (Å²) in [5.74, 6) is -0.894. The Bertz CT molecular complexity index is 965. The third-order valence-corrected chi connectivity index (χ3v) is 4.49. The molecule has 29 heavy (non-hydrogen) atoms. The van der Waals surface area contributed by atoms with E-state index in [0.29, 0.717) is 12.2 Å². The molecule has 0 aliphatic rings. The molecule has 0 atom stereocenters. The molecule has 0 aliphatic carbocycles. The van der Waals surface area contributed by atoms with Gasteiger partial charge >= 0.3 is 5.97 Å². The van der Waals surface area contributed by atoms with Gasteiger partial charge in [0.25, 0.3) is 5.91 Å². The number of aromatic nitrogens is 2. The quantitative estimate of drug-likeness (QED) is 0.626. The van der Waals surface area contributed by atoms with Crippen molar-refractivity contribution in [3.63, 3.8) is 0 Å². The molecule has 7 heteroatoms. The van der Waals surface area contributed by atoms with E-state index in [2.05, 4.69) is 10.2 Å². The van der Waals surface area contributed by atoms with E-state index in [0.717, 1.165) is 16.8 Å². The Morgan fingerprint density at radius 2 is 1.69 bits per heavy atom. The van der Waals surface area contributed by atoms with Crippen molar-refractivity contribution in [3.8, 4) is 11.3 Å². The summed E-state index contributed by atoms with van der Waals surface area (Å²) in [5.41, 5.74) is 3.82. The highest BCUT2D eigenvalue weighted by molar-refractivity contribution is 5.90. The first-order chi connectivity index (χ1) is 13.9. The minimum atomic E-state index is -0.614. The molecule has 0 bridgehead atoms. The van der Waals surface area contributed by atoms with E-state index >= 15 is 0 Å². The molecule has 0 aliphatic heterocycles. The molecule has 3 rings (SSSR count). The average Bonchev–Trinajstić information content (AvgIpc) is 3.23. The molecule has 150 valence electrons. The van der Waals surface area contributed by atoms with Gasteiger partial charge in [-0.1, -0.05) is 42.5 Å². The van der Waals surface area contributed by atoms with Crippen LogP contribution in [0.1, 0.15) is 16.1 Å². The lowest BCUT2D eigenvalue weighted by atomic mass is 10.1. The molecule has 3 aromatic rings. The van der Waals surface area contributed by atoms with E-state index in [9.17, 15) is 9.59 Å². The molecule has 7 nitrogen and oxygen atoms in total. The molecule has 1 aromatic heterocycles. The van der Waals surface area contributed by atoms with Crippen molar-refractivity contribution in [2.45, 2.75) is 6.54 Å². The van der Waals surface area contributed by atoms with Gasteiger partial charge in [-0.05, 0) is 23.8 Å². The normalized spacial score (nSPS) is 10.4. The zero-order chi connectivity index (χ0) is 20.8. The molecule has 0 saturated carbocycles. The van der Waals surface area contributed by atoms with E-state index in [-0.39, 0.29) is 18.2 Å². The summed E-state index contributed by atoms with van der Waals surface area (Å²) in [6.45, 7) is 0.108. The molecule has 0 radical (unpaired) electrons. The van der Waals surface area contributed by atoms with E-state index in [1.165, 1.54) is 4.90 Å². The predicted octanol–water partition coefficient (Wildman–Crippen LogP) is 2.96. The maximum Gasteiger partial charge on any atom is 0.356 e. The molecule has 0 saturated heterocycles. The minimum absolute atomic E-state index is 0.207. The third kappa shape index (κ3) is 5.22. The number of H-pyrrole nitrogens is 1. The summed E-state index contributed by atoms with van der Waals surface area (Å²) in [5, 5.41) is 6.78. The van der Waals surface area contributed by atoms with Gasteiger partial charge < -0.3 is 14.5 Å². The van der Waals surface area contributed by atoms with Crippen molar-refractivity contribution < 1.29 is 14.3 Å². The van der Waals surface area contributed by atoms with Crippen LogP contribution in [0.5, 0.6) is 0 Å². The lowest BCUT2D eigenvalue weighted by Gasteiger charge is -2.18. The molecule has 1 N–H and O–H groups in total. The SMILES string of the molecule is CN(Cc1ccc(N(C)C)cc1)C(=O)COC(=O)c1cc(-c2ccccc2)n[nH]1. The zero-order valence-corrected chi connectivity index (χ0v) is 16.8. The maximum atomic E-state index is 12.3. The number of aromatic amines is 1. The van der Waals surface area contributed by atoms with Crippen molar-refractivity contribution in [3.05, 3.63) is 71.9 Å². The molecule has 0 unspecified atom stereocenters. The van der Waals surface area contributed by atoms with E-state index in [1.54, 1.807) is 13.1 Å². The number of rotatable bonds is 7. The summed E-state index contributed by atoms with van der Waals surface area (Å²) in [6.07, 6.45) is 0. The monoisotopic (exact) mass is 392 g/mol. The first kappa shape index (κ1) is 20.1. The van der Waals surface area contributed by atoms with Crippen molar-refractivity contribution in [2.75, 3.05) is 32.6 Å². The molecule has 1 heterocycles. The van der Waals surface area contributed by atoms with Crippen molar-refractivity contribution >= 4 is 17.6 Å². The fourth-order valence-corrected chi connectivity index (χ4v) is 2.76. The number of anilines is 1. The summed E-state index contributed by atoms with van der Waals surface area (Å²) >= 11 is 0. The van der Waals surface area contributed by atoms with Crippen molar-refractivity contribution in [1.82, 2.24) is 15.1 Å². The second kappa shape index (κ2) is 9.05. The van der Waals surface area contributed by atoms with Crippen molar-refractivity contribution in [1.29, 1.82) is 0 Å². The predicted molar refractivity (Wildman–Crippen MR) is 112 cm³/mol. The van der Waals surface area contributed by atoms with Gasteiger partial charge in [0, 0.05) is 38.9 Å². The lowest BCUT2D eigenvalue weighted by molar-refractivity contribution is -0.133. The number of ether oxygens (including phenoxy) is 1. The van der Waals surface area contributed by atoms with Crippen LogP contribution in [0, 0.1) is 0 Å². The Morgan fingerprint density at radius 3 is 2.34 bits per heavy atom. The molecule has 2 aromatic carbocycles. The number of carbonyl (C=O) groups is 2. The van der Waals surface area contributed by atoms with Crippen LogP contribution in [0.25, 0.3) is 11.3 Å². The number of carbonyl (C=O) groups excluding carboxylic acids is 2. The number of nitrogens with zero attached hydrogens (tertiary/aromatic N) is 3. The Balaban J connectivity index is 1.52. The highest BCUT2D eigenvalue weighted by Crippen LogP contribution is 2.17. The number of esters is 1. The van der Waals surface area contributed by atoms with Crippen LogP contribution < -0.4 is 4.90 Å². The smallest absolute Gasteiger partial charge is 0.356 e. The number of hydrogen-bond donors (Lipinski definition) is 1. The average molecular weight is 392 g/mol. The first-order valence-electron chi connectivity index (χ1n) is 9.22. The van der Waals surface area contributed by atoms with Crippen LogP contribution in [0.3, 0.4) is 0 Å². The van der Waals surface area contributed by atoms with E-state index in [1.807, 2.05) is 73.6 Å².